The van der Waals surface area contributed by atoms with Crippen LogP contribution in [0.15, 0.2) is 53.5 Å². The maximum absolute atomic E-state index is 11.9. The zero-order chi connectivity index (χ0) is 15.0. The third-order valence-electron chi connectivity index (χ3n) is 3.48. The van der Waals surface area contributed by atoms with Crippen molar-refractivity contribution in [1.82, 2.24) is 4.98 Å². The molecule has 0 atom stereocenters. The van der Waals surface area contributed by atoms with Crippen LogP contribution in [0.1, 0.15) is 17.3 Å². The van der Waals surface area contributed by atoms with Crippen LogP contribution in [0.3, 0.4) is 0 Å². The Morgan fingerprint density at radius 2 is 1.90 bits per heavy atom. The number of H-pyrrole nitrogens is 1. The van der Waals surface area contributed by atoms with E-state index >= 15 is 0 Å². The highest BCUT2D eigenvalue weighted by atomic mass is 16.3. The summed E-state index contributed by atoms with van der Waals surface area (Å²) in [6.07, 6.45) is 1.56. The van der Waals surface area contributed by atoms with Gasteiger partial charge in [0.25, 0.3) is 5.56 Å². The first-order valence-corrected chi connectivity index (χ1v) is 6.52. The lowest BCUT2D eigenvalue weighted by Crippen LogP contribution is -2.06. The molecular weight excluding hydrogens is 266 g/mol. The first-order valence-electron chi connectivity index (χ1n) is 6.52. The number of hydrogen-bond acceptors (Lipinski definition) is 3. The molecular formula is C17H13NO3. The number of fused-ring (bicyclic) bond motifs is 1. The number of aromatic nitrogens is 1. The number of Topliss-reactive ketones (excluding diaryl/α,β-unsaturated/α-hetero) is 1. The van der Waals surface area contributed by atoms with E-state index in [9.17, 15) is 14.7 Å². The zero-order valence-electron chi connectivity index (χ0n) is 11.4. The van der Waals surface area contributed by atoms with Crippen LogP contribution in [0, 0.1) is 0 Å². The molecule has 0 saturated heterocycles. The first-order chi connectivity index (χ1) is 10.1. The van der Waals surface area contributed by atoms with Crippen LogP contribution < -0.4 is 5.56 Å². The lowest BCUT2D eigenvalue weighted by molar-refractivity contribution is 0.101. The fourth-order valence-electron chi connectivity index (χ4n) is 2.43. The number of carbonyl (C=O) groups excluding carboxylic acids is 1. The fourth-order valence-corrected chi connectivity index (χ4v) is 2.43. The molecule has 0 spiro atoms. The number of rotatable bonds is 2. The first kappa shape index (κ1) is 13.1. The molecule has 2 N–H and O–H groups in total. The summed E-state index contributed by atoms with van der Waals surface area (Å²) < 4.78 is 0. The summed E-state index contributed by atoms with van der Waals surface area (Å²) in [5.74, 6) is 0.0108. The van der Waals surface area contributed by atoms with Crippen molar-refractivity contribution in [1.29, 1.82) is 0 Å². The van der Waals surface area contributed by atoms with Gasteiger partial charge < -0.3 is 10.1 Å². The molecule has 3 rings (SSSR count). The van der Waals surface area contributed by atoms with Gasteiger partial charge in [-0.2, -0.15) is 0 Å². The Labute approximate surface area is 120 Å². The average molecular weight is 279 g/mol. The van der Waals surface area contributed by atoms with E-state index in [0.29, 0.717) is 21.9 Å². The van der Waals surface area contributed by atoms with Crippen molar-refractivity contribution in [2.75, 3.05) is 0 Å². The van der Waals surface area contributed by atoms with E-state index in [4.69, 9.17) is 0 Å². The molecule has 3 aromatic rings. The maximum atomic E-state index is 11.9. The van der Waals surface area contributed by atoms with E-state index < -0.39 is 0 Å². The Balaban J connectivity index is 2.36. The van der Waals surface area contributed by atoms with Gasteiger partial charge >= 0.3 is 0 Å². The monoisotopic (exact) mass is 279 g/mol. The van der Waals surface area contributed by atoms with Gasteiger partial charge in [0.05, 0.1) is 5.39 Å². The molecule has 0 unspecified atom stereocenters. The summed E-state index contributed by atoms with van der Waals surface area (Å²) in [5.41, 5.74) is 1.78. The van der Waals surface area contributed by atoms with Gasteiger partial charge in [-0.25, -0.2) is 0 Å². The fraction of sp³-hybridized carbons (Fsp3) is 0.0588. The van der Waals surface area contributed by atoms with E-state index in [0.717, 1.165) is 5.56 Å². The number of ketones is 1. The number of phenols is 1. The SMILES string of the molecule is CC(=O)c1cccc(-c2c[nH]c(=O)c3cccc(O)c23)c1. The quantitative estimate of drug-likeness (QED) is 0.708. The van der Waals surface area contributed by atoms with Crippen LogP contribution in [0.25, 0.3) is 21.9 Å². The molecule has 4 heteroatoms. The minimum absolute atomic E-state index is 0.0326. The smallest absolute Gasteiger partial charge is 0.255 e. The Morgan fingerprint density at radius 3 is 2.67 bits per heavy atom. The van der Waals surface area contributed by atoms with Crippen LogP contribution in [0.5, 0.6) is 5.75 Å². The molecule has 0 aliphatic heterocycles. The molecule has 0 radical (unpaired) electrons. The number of phenolic OH excluding ortho intramolecular Hbond substituents is 1. The summed E-state index contributed by atoms with van der Waals surface area (Å²) in [6.45, 7) is 1.50. The van der Waals surface area contributed by atoms with Gasteiger partial charge in [0.2, 0.25) is 0 Å². The summed E-state index contributed by atoms with van der Waals surface area (Å²) in [5, 5.41) is 11.0. The zero-order valence-corrected chi connectivity index (χ0v) is 11.4. The normalized spacial score (nSPS) is 10.7. The molecule has 1 aromatic heterocycles. The number of benzene rings is 2. The summed E-state index contributed by atoms with van der Waals surface area (Å²) in [6, 6.07) is 11.9. The third kappa shape index (κ3) is 2.21. The molecule has 2 aromatic carbocycles. The lowest BCUT2D eigenvalue weighted by Gasteiger charge is -2.09. The van der Waals surface area contributed by atoms with Gasteiger partial charge in [-0.15, -0.1) is 0 Å². The van der Waals surface area contributed by atoms with Crippen LogP contribution in [0.2, 0.25) is 0 Å². The molecule has 0 bridgehead atoms. The van der Waals surface area contributed by atoms with Gasteiger partial charge in [-0.1, -0.05) is 24.3 Å². The van der Waals surface area contributed by atoms with Crippen molar-refractivity contribution < 1.29 is 9.90 Å². The number of carbonyl (C=O) groups is 1. The predicted octanol–water partition coefficient (Wildman–Crippen LogP) is 3.10. The van der Waals surface area contributed by atoms with Crippen molar-refractivity contribution in [2.45, 2.75) is 6.92 Å². The molecule has 1 heterocycles. The third-order valence-corrected chi connectivity index (χ3v) is 3.48. The van der Waals surface area contributed by atoms with Gasteiger partial charge in [-0.05, 0) is 30.7 Å². The van der Waals surface area contributed by atoms with E-state index in [-0.39, 0.29) is 17.1 Å². The number of hydrogen-bond donors (Lipinski definition) is 2. The van der Waals surface area contributed by atoms with E-state index in [1.165, 1.54) is 6.92 Å². The second kappa shape index (κ2) is 4.90. The van der Waals surface area contributed by atoms with Crippen molar-refractivity contribution in [3.05, 3.63) is 64.6 Å². The topological polar surface area (TPSA) is 70.2 Å². The number of aromatic amines is 1. The second-order valence-corrected chi connectivity index (χ2v) is 4.87. The standard InChI is InChI=1S/C17H13NO3/c1-10(19)11-4-2-5-12(8-11)14-9-18-17(21)13-6-3-7-15(20)16(13)14/h2-9,20H,1H3,(H,18,21). The molecule has 104 valence electrons. The minimum atomic E-state index is -0.257. The van der Waals surface area contributed by atoms with E-state index in [2.05, 4.69) is 4.98 Å². The highest BCUT2D eigenvalue weighted by Crippen LogP contribution is 2.32. The Morgan fingerprint density at radius 1 is 1.14 bits per heavy atom. The number of aromatic hydroxyl groups is 1. The minimum Gasteiger partial charge on any atom is -0.507 e. The van der Waals surface area contributed by atoms with Gasteiger partial charge in [-0.3, -0.25) is 9.59 Å². The summed E-state index contributed by atoms with van der Waals surface area (Å²) in [4.78, 5) is 26.0. The highest BCUT2D eigenvalue weighted by molar-refractivity contribution is 6.01. The molecule has 0 saturated carbocycles. The second-order valence-electron chi connectivity index (χ2n) is 4.87. The Bertz CT molecular complexity index is 909. The Kier molecular flexibility index (Phi) is 3.06. The highest BCUT2D eigenvalue weighted by Gasteiger charge is 2.11. The van der Waals surface area contributed by atoms with Gasteiger partial charge in [0, 0.05) is 22.7 Å². The predicted molar refractivity (Wildman–Crippen MR) is 81.7 cm³/mol. The molecule has 0 aliphatic carbocycles. The van der Waals surface area contributed by atoms with Crippen LogP contribution in [0.4, 0.5) is 0 Å². The van der Waals surface area contributed by atoms with Crippen LogP contribution in [-0.4, -0.2) is 15.9 Å². The van der Waals surface area contributed by atoms with Crippen molar-refractivity contribution in [3.8, 4) is 16.9 Å². The van der Waals surface area contributed by atoms with Crippen molar-refractivity contribution >= 4 is 16.6 Å². The van der Waals surface area contributed by atoms with E-state index in [1.54, 1.807) is 42.6 Å². The maximum Gasteiger partial charge on any atom is 0.255 e. The molecule has 4 nitrogen and oxygen atoms in total. The van der Waals surface area contributed by atoms with Gasteiger partial charge in [0.1, 0.15) is 5.75 Å². The van der Waals surface area contributed by atoms with Crippen molar-refractivity contribution in [3.63, 3.8) is 0 Å². The molecule has 21 heavy (non-hydrogen) atoms. The summed E-state index contributed by atoms with van der Waals surface area (Å²) in [7, 11) is 0. The molecule has 0 aliphatic rings. The number of nitrogens with one attached hydrogen (secondary N) is 1. The van der Waals surface area contributed by atoms with E-state index in [1.807, 2.05) is 6.07 Å². The van der Waals surface area contributed by atoms with Crippen molar-refractivity contribution in [2.24, 2.45) is 0 Å². The number of pyridine rings is 1. The average Bonchev–Trinajstić information content (AvgIpc) is 2.48. The summed E-state index contributed by atoms with van der Waals surface area (Å²) >= 11 is 0. The molecule has 0 fully saturated rings. The Hall–Kier alpha value is -2.88. The molecule has 0 amide bonds. The van der Waals surface area contributed by atoms with Crippen LogP contribution in [-0.2, 0) is 0 Å². The van der Waals surface area contributed by atoms with Crippen LogP contribution >= 0.6 is 0 Å². The largest absolute Gasteiger partial charge is 0.507 e. The lowest BCUT2D eigenvalue weighted by atomic mass is 9.98. The van der Waals surface area contributed by atoms with Gasteiger partial charge in [0.15, 0.2) is 5.78 Å².